The van der Waals surface area contributed by atoms with Gasteiger partial charge in [-0.15, -0.1) is 0 Å². The van der Waals surface area contributed by atoms with E-state index < -0.39 is 16.4 Å². The molecule has 0 atom stereocenters. The van der Waals surface area contributed by atoms with E-state index >= 15 is 0 Å². The van der Waals surface area contributed by atoms with Crippen molar-refractivity contribution in [2.24, 2.45) is 11.7 Å². The molecule has 0 spiro atoms. The number of benzene rings is 1. The number of hydrogen-bond donors (Lipinski definition) is 1. The van der Waals surface area contributed by atoms with Crippen molar-refractivity contribution in [2.45, 2.75) is 6.92 Å². The van der Waals surface area contributed by atoms with E-state index in [1.165, 1.54) is 6.92 Å². The van der Waals surface area contributed by atoms with Crippen molar-refractivity contribution in [3.8, 4) is 5.75 Å². The Morgan fingerprint density at radius 2 is 1.72 bits per heavy atom. The summed E-state index contributed by atoms with van der Waals surface area (Å²) in [5.41, 5.74) is 5.25. The van der Waals surface area contributed by atoms with Gasteiger partial charge in [-0.1, -0.05) is 18.2 Å². The van der Waals surface area contributed by atoms with Gasteiger partial charge >= 0.3 is 0 Å². The average molecular weight is 292 g/mol. The molecular weight excluding hydrogens is 277 g/mol. The SMILES string of the molecule is CC(C(=O)Cl)C(=O)Cl.NCCOc1ccccc1. The minimum atomic E-state index is -0.877. The van der Waals surface area contributed by atoms with E-state index in [1.807, 2.05) is 30.3 Å². The van der Waals surface area contributed by atoms with E-state index in [1.54, 1.807) is 0 Å². The smallest absolute Gasteiger partial charge is 0.233 e. The van der Waals surface area contributed by atoms with Crippen molar-refractivity contribution >= 4 is 33.7 Å². The monoisotopic (exact) mass is 291 g/mol. The Hall–Kier alpha value is -1.10. The first-order valence-corrected chi connectivity index (χ1v) is 6.01. The van der Waals surface area contributed by atoms with Gasteiger partial charge in [-0.05, 0) is 42.3 Å². The number of halogens is 2. The van der Waals surface area contributed by atoms with E-state index in [9.17, 15) is 9.59 Å². The Labute approximate surface area is 116 Å². The molecule has 0 unspecified atom stereocenters. The third-order valence-electron chi connectivity index (χ3n) is 1.81. The lowest BCUT2D eigenvalue weighted by Crippen LogP contribution is -2.10. The van der Waals surface area contributed by atoms with Crippen LogP contribution < -0.4 is 10.5 Å². The van der Waals surface area contributed by atoms with Crippen molar-refractivity contribution in [2.75, 3.05) is 13.2 Å². The van der Waals surface area contributed by atoms with E-state index in [4.69, 9.17) is 33.7 Å². The maximum atomic E-state index is 10.0. The maximum absolute atomic E-state index is 10.0. The van der Waals surface area contributed by atoms with E-state index in [0.717, 1.165) is 5.75 Å². The molecule has 4 nitrogen and oxygen atoms in total. The molecule has 0 bridgehead atoms. The Balaban J connectivity index is 0.000000331. The summed E-state index contributed by atoms with van der Waals surface area (Å²) < 4.78 is 5.23. The van der Waals surface area contributed by atoms with Crippen LogP contribution in [-0.2, 0) is 9.59 Å². The van der Waals surface area contributed by atoms with Crippen LogP contribution in [0, 0.1) is 5.92 Å². The third-order valence-corrected chi connectivity index (χ3v) is 2.47. The van der Waals surface area contributed by atoms with Gasteiger partial charge in [0.1, 0.15) is 18.3 Å². The first-order chi connectivity index (χ1) is 8.49. The first-order valence-electron chi connectivity index (χ1n) is 5.25. The number of ether oxygens (including phenoxy) is 1. The fourth-order valence-corrected chi connectivity index (χ4v) is 1.04. The molecule has 0 amide bonds. The summed E-state index contributed by atoms with van der Waals surface area (Å²) in [5, 5.41) is -1.44. The van der Waals surface area contributed by atoms with Crippen LogP contribution in [0.5, 0.6) is 5.75 Å². The van der Waals surface area contributed by atoms with Gasteiger partial charge in [0, 0.05) is 6.54 Å². The number of hydrogen-bond acceptors (Lipinski definition) is 4. The van der Waals surface area contributed by atoms with E-state index in [0.29, 0.717) is 13.2 Å². The standard InChI is InChI=1S/C8H11NO.C4H4Cl2O2/c9-6-7-10-8-4-2-1-3-5-8;1-2(3(5)7)4(6)8/h1-5H,6-7,9H2;2H,1H3. The van der Waals surface area contributed by atoms with Crippen LogP contribution >= 0.6 is 23.2 Å². The lowest BCUT2D eigenvalue weighted by molar-refractivity contribution is -0.123. The minimum absolute atomic E-state index is 0.564. The molecule has 1 aromatic rings. The Morgan fingerprint density at radius 3 is 2.06 bits per heavy atom. The lowest BCUT2D eigenvalue weighted by Gasteiger charge is -2.01. The molecular formula is C12H15Cl2NO3. The fraction of sp³-hybridized carbons (Fsp3) is 0.333. The molecule has 0 aliphatic rings. The van der Waals surface area contributed by atoms with Crippen molar-refractivity contribution < 1.29 is 14.3 Å². The summed E-state index contributed by atoms with van der Waals surface area (Å²) >= 11 is 9.76. The fourth-order valence-electron chi connectivity index (χ4n) is 0.783. The molecule has 0 saturated heterocycles. The van der Waals surface area contributed by atoms with Crippen LogP contribution in [0.4, 0.5) is 0 Å². The molecule has 1 rings (SSSR count). The summed E-state index contributed by atoms with van der Waals surface area (Å²) in [6.07, 6.45) is 0. The Kier molecular flexibility index (Phi) is 9.28. The molecule has 2 N–H and O–H groups in total. The highest BCUT2D eigenvalue weighted by atomic mass is 35.5. The molecule has 1 aromatic carbocycles. The summed E-state index contributed by atoms with van der Waals surface area (Å²) in [4.78, 5) is 20.1. The molecule has 0 saturated carbocycles. The quantitative estimate of drug-likeness (QED) is 0.667. The Bertz CT molecular complexity index is 357. The number of carbonyl (C=O) groups is 2. The molecule has 6 heteroatoms. The minimum Gasteiger partial charge on any atom is -0.492 e. The van der Waals surface area contributed by atoms with E-state index in [2.05, 4.69) is 0 Å². The van der Waals surface area contributed by atoms with Crippen molar-refractivity contribution in [1.29, 1.82) is 0 Å². The normalized spacial score (nSPS) is 9.39. The van der Waals surface area contributed by atoms with Crippen molar-refractivity contribution in [3.05, 3.63) is 30.3 Å². The summed E-state index contributed by atoms with van der Waals surface area (Å²) in [5.74, 6) is 0.00582. The van der Waals surface area contributed by atoms with Crippen LogP contribution in [0.25, 0.3) is 0 Å². The van der Waals surface area contributed by atoms with Crippen molar-refractivity contribution in [3.63, 3.8) is 0 Å². The lowest BCUT2D eigenvalue weighted by atomic mass is 10.2. The molecule has 18 heavy (non-hydrogen) atoms. The van der Waals surface area contributed by atoms with Gasteiger partial charge in [-0.2, -0.15) is 0 Å². The summed E-state index contributed by atoms with van der Waals surface area (Å²) in [7, 11) is 0. The molecule has 0 aliphatic heterocycles. The van der Waals surface area contributed by atoms with Crippen LogP contribution in [-0.4, -0.2) is 23.6 Å². The van der Waals surface area contributed by atoms with Crippen LogP contribution in [0.2, 0.25) is 0 Å². The average Bonchev–Trinajstić information content (AvgIpc) is 2.37. The number of para-hydroxylation sites is 1. The van der Waals surface area contributed by atoms with Gasteiger partial charge in [0.15, 0.2) is 0 Å². The van der Waals surface area contributed by atoms with Gasteiger partial charge < -0.3 is 10.5 Å². The van der Waals surface area contributed by atoms with Crippen molar-refractivity contribution in [1.82, 2.24) is 0 Å². The number of nitrogens with two attached hydrogens (primary N) is 1. The predicted molar refractivity (Wildman–Crippen MR) is 71.9 cm³/mol. The second kappa shape index (κ2) is 9.88. The summed E-state index contributed by atoms with van der Waals surface area (Å²) in [6.45, 7) is 2.50. The molecule has 100 valence electrons. The van der Waals surface area contributed by atoms with Crippen LogP contribution in [0.1, 0.15) is 6.92 Å². The molecule has 0 radical (unpaired) electrons. The van der Waals surface area contributed by atoms with Crippen LogP contribution in [0.3, 0.4) is 0 Å². The van der Waals surface area contributed by atoms with Gasteiger partial charge in [-0.3, -0.25) is 9.59 Å². The zero-order chi connectivity index (χ0) is 14.0. The van der Waals surface area contributed by atoms with Gasteiger partial charge in [0.25, 0.3) is 0 Å². The third kappa shape index (κ3) is 8.06. The molecule has 0 fully saturated rings. The largest absolute Gasteiger partial charge is 0.492 e. The summed E-state index contributed by atoms with van der Waals surface area (Å²) in [6, 6.07) is 9.65. The second-order valence-corrected chi connectivity index (χ2v) is 4.03. The highest BCUT2D eigenvalue weighted by Gasteiger charge is 2.15. The maximum Gasteiger partial charge on any atom is 0.233 e. The van der Waals surface area contributed by atoms with Gasteiger partial charge in [0.2, 0.25) is 10.5 Å². The Morgan fingerprint density at radius 1 is 1.22 bits per heavy atom. The van der Waals surface area contributed by atoms with Crippen LogP contribution in [0.15, 0.2) is 30.3 Å². The zero-order valence-corrected chi connectivity index (χ0v) is 11.4. The predicted octanol–water partition coefficient (Wildman–Crippen LogP) is 2.18. The van der Waals surface area contributed by atoms with Gasteiger partial charge in [0.05, 0.1) is 0 Å². The number of carbonyl (C=O) groups excluding carboxylic acids is 2. The second-order valence-electron chi connectivity index (χ2n) is 3.28. The van der Waals surface area contributed by atoms with E-state index in [-0.39, 0.29) is 0 Å². The highest BCUT2D eigenvalue weighted by molar-refractivity contribution is 6.73. The molecule has 0 aliphatic carbocycles. The zero-order valence-electron chi connectivity index (χ0n) is 9.94. The van der Waals surface area contributed by atoms with Gasteiger partial charge in [-0.25, -0.2) is 0 Å². The first kappa shape index (κ1) is 16.9. The highest BCUT2D eigenvalue weighted by Crippen LogP contribution is 2.07. The number of rotatable bonds is 5. The molecule has 0 heterocycles. The topological polar surface area (TPSA) is 69.4 Å². The molecule has 0 aromatic heterocycles.